The number of fused-ring (bicyclic) bond motifs is 2. The van der Waals surface area contributed by atoms with E-state index in [9.17, 15) is 4.79 Å². The molecule has 1 unspecified atom stereocenters. The van der Waals surface area contributed by atoms with E-state index in [0.29, 0.717) is 17.9 Å². The van der Waals surface area contributed by atoms with Crippen LogP contribution in [0.15, 0.2) is 73.2 Å². The molecule has 1 saturated heterocycles. The number of hydrogen-bond acceptors (Lipinski definition) is 6. The van der Waals surface area contributed by atoms with E-state index in [1.54, 1.807) is 6.20 Å². The smallest absolute Gasteiger partial charge is 0.251 e. The lowest BCUT2D eigenvalue weighted by molar-refractivity contribution is 0.0858. The third-order valence-corrected chi connectivity index (χ3v) is 7.58. The number of ether oxygens (including phenoxy) is 1. The molecule has 0 bridgehead atoms. The second-order valence-corrected chi connectivity index (χ2v) is 9.91. The topological polar surface area (TPSA) is 94.3 Å². The van der Waals surface area contributed by atoms with E-state index in [1.807, 2.05) is 47.2 Å². The van der Waals surface area contributed by atoms with Gasteiger partial charge < -0.3 is 10.1 Å². The number of amides is 1. The Kier molecular flexibility index (Phi) is 5.21. The standard InChI is InChI=1S/C29H26N6O2/c36-27(31-16-23-4-2-14-37-23)20-7-5-19(6-8-20)25-17-32-28-33-18-26(35(28)34-25)29(11-12-29)22-9-10-24-21(15-22)3-1-13-30-24/h1,3,5-10,13,15,17-18,23H,2,4,11-12,14,16H2,(H,31,36). The maximum atomic E-state index is 12.6. The first kappa shape index (κ1) is 22.1. The van der Waals surface area contributed by atoms with Gasteiger partial charge in [-0.1, -0.05) is 24.3 Å². The molecule has 5 aromatic rings. The highest BCUT2D eigenvalue weighted by atomic mass is 16.5. The minimum Gasteiger partial charge on any atom is -0.376 e. The molecule has 37 heavy (non-hydrogen) atoms. The molecule has 0 spiro atoms. The van der Waals surface area contributed by atoms with Gasteiger partial charge >= 0.3 is 0 Å². The number of pyridine rings is 1. The predicted molar refractivity (Wildman–Crippen MR) is 139 cm³/mol. The average molecular weight is 491 g/mol. The van der Waals surface area contributed by atoms with Crippen molar-refractivity contribution in [2.24, 2.45) is 0 Å². The fraction of sp³-hybridized carbons (Fsp3) is 0.276. The zero-order valence-electron chi connectivity index (χ0n) is 20.3. The number of rotatable bonds is 6. The van der Waals surface area contributed by atoms with Crippen molar-refractivity contribution in [1.82, 2.24) is 29.9 Å². The molecule has 1 atom stereocenters. The number of carbonyl (C=O) groups excluding carboxylic acids is 1. The maximum Gasteiger partial charge on any atom is 0.251 e. The lowest BCUT2D eigenvalue weighted by Gasteiger charge is -2.16. The molecule has 4 heterocycles. The van der Waals surface area contributed by atoms with Crippen LogP contribution < -0.4 is 5.32 Å². The first-order valence-corrected chi connectivity index (χ1v) is 12.8. The largest absolute Gasteiger partial charge is 0.376 e. The van der Waals surface area contributed by atoms with Crippen LogP contribution in [0.5, 0.6) is 0 Å². The lowest BCUT2D eigenvalue weighted by atomic mass is 9.91. The van der Waals surface area contributed by atoms with Crippen molar-refractivity contribution >= 4 is 22.6 Å². The monoisotopic (exact) mass is 490 g/mol. The van der Waals surface area contributed by atoms with E-state index < -0.39 is 0 Å². The van der Waals surface area contributed by atoms with Crippen molar-refractivity contribution in [3.05, 3.63) is 90.0 Å². The van der Waals surface area contributed by atoms with Crippen LogP contribution in [0, 0.1) is 0 Å². The minimum absolute atomic E-state index is 0.0956. The first-order valence-electron chi connectivity index (χ1n) is 12.8. The Bertz CT molecular complexity index is 1620. The Hall–Kier alpha value is -4.17. The van der Waals surface area contributed by atoms with Gasteiger partial charge in [0.1, 0.15) is 5.69 Å². The van der Waals surface area contributed by atoms with Gasteiger partial charge in [-0.3, -0.25) is 9.78 Å². The van der Waals surface area contributed by atoms with Gasteiger partial charge in [0.25, 0.3) is 11.7 Å². The molecule has 8 heteroatoms. The summed E-state index contributed by atoms with van der Waals surface area (Å²) in [4.78, 5) is 26.1. The molecule has 1 saturated carbocycles. The highest BCUT2D eigenvalue weighted by Crippen LogP contribution is 2.53. The average Bonchev–Trinajstić information content (AvgIpc) is 3.37. The van der Waals surface area contributed by atoms with Crippen LogP contribution in [-0.4, -0.2) is 49.7 Å². The van der Waals surface area contributed by atoms with Crippen molar-refractivity contribution in [1.29, 1.82) is 0 Å². The van der Waals surface area contributed by atoms with Crippen LogP contribution >= 0.6 is 0 Å². The van der Waals surface area contributed by atoms with E-state index in [4.69, 9.17) is 9.84 Å². The molecule has 1 N–H and O–H groups in total. The van der Waals surface area contributed by atoms with Crippen molar-refractivity contribution in [3.63, 3.8) is 0 Å². The molecular formula is C29H26N6O2. The summed E-state index contributed by atoms with van der Waals surface area (Å²) in [5.74, 6) is 0.486. The van der Waals surface area contributed by atoms with Gasteiger partial charge in [0, 0.05) is 41.3 Å². The van der Waals surface area contributed by atoms with E-state index in [1.165, 1.54) is 5.56 Å². The van der Waals surface area contributed by atoms with Crippen molar-refractivity contribution in [2.75, 3.05) is 13.2 Å². The summed E-state index contributed by atoms with van der Waals surface area (Å²) in [5.41, 5.74) is 5.41. The Morgan fingerprint density at radius 2 is 1.92 bits per heavy atom. The molecule has 1 aliphatic heterocycles. The van der Waals surface area contributed by atoms with E-state index in [2.05, 4.69) is 44.5 Å². The lowest BCUT2D eigenvalue weighted by Crippen LogP contribution is -2.31. The maximum absolute atomic E-state index is 12.6. The third kappa shape index (κ3) is 3.94. The normalized spacial score (nSPS) is 18.3. The second-order valence-electron chi connectivity index (χ2n) is 9.91. The van der Waals surface area contributed by atoms with Gasteiger partial charge in [-0.2, -0.15) is 9.61 Å². The summed E-state index contributed by atoms with van der Waals surface area (Å²) in [7, 11) is 0. The van der Waals surface area contributed by atoms with E-state index in [-0.39, 0.29) is 17.4 Å². The van der Waals surface area contributed by atoms with Gasteiger partial charge in [-0.25, -0.2) is 9.97 Å². The molecule has 0 radical (unpaired) electrons. The molecule has 184 valence electrons. The van der Waals surface area contributed by atoms with Crippen molar-refractivity contribution < 1.29 is 9.53 Å². The summed E-state index contributed by atoms with van der Waals surface area (Å²) in [6.45, 7) is 1.32. The van der Waals surface area contributed by atoms with E-state index >= 15 is 0 Å². The number of nitrogens with zero attached hydrogens (tertiary/aromatic N) is 5. The Morgan fingerprint density at radius 1 is 1.05 bits per heavy atom. The molecule has 1 aliphatic carbocycles. The molecule has 2 fully saturated rings. The molecular weight excluding hydrogens is 464 g/mol. The van der Waals surface area contributed by atoms with Gasteiger partial charge in [-0.05, 0) is 61.6 Å². The molecule has 2 aromatic carbocycles. The summed E-state index contributed by atoms with van der Waals surface area (Å²) >= 11 is 0. The van der Waals surface area contributed by atoms with Crippen LogP contribution in [0.2, 0.25) is 0 Å². The number of hydrogen-bond donors (Lipinski definition) is 1. The van der Waals surface area contributed by atoms with Gasteiger partial charge in [0.05, 0.1) is 29.7 Å². The summed E-state index contributed by atoms with van der Waals surface area (Å²) in [6, 6.07) is 18.0. The molecule has 2 aliphatic rings. The number of imidazole rings is 1. The third-order valence-electron chi connectivity index (χ3n) is 7.58. The van der Waals surface area contributed by atoms with Crippen LogP contribution in [0.1, 0.15) is 47.3 Å². The zero-order chi connectivity index (χ0) is 24.8. The minimum atomic E-state index is -0.123. The fourth-order valence-corrected chi connectivity index (χ4v) is 5.33. The SMILES string of the molecule is O=C(NCC1CCCO1)c1ccc(-c2cnc3ncc(C4(c5ccc6ncccc6c5)CC4)n3n2)cc1. The van der Waals surface area contributed by atoms with Crippen LogP contribution in [0.4, 0.5) is 0 Å². The summed E-state index contributed by atoms with van der Waals surface area (Å²) < 4.78 is 7.46. The van der Waals surface area contributed by atoms with Crippen LogP contribution in [-0.2, 0) is 10.2 Å². The number of carbonyl (C=O) groups is 1. The predicted octanol–water partition coefficient (Wildman–Crippen LogP) is 4.33. The number of nitrogens with one attached hydrogen (secondary N) is 1. The van der Waals surface area contributed by atoms with Crippen LogP contribution in [0.3, 0.4) is 0 Å². The molecule has 8 nitrogen and oxygen atoms in total. The second kappa shape index (κ2) is 8.74. The van der Waals surface area contributed by atoms with Gasteiger partial charge in [0.15, 0.2) is 0 Å². The highest BCUT2D eigenvalue weighted by molar-refractivity contribution is 5.94. The zero-order valence-corrected chi connectivity index (χ0v) is 20.3. The highest BCUT2D eigenvalue weighted by Gasteiger charge is 2.48. The van der Waals surface area contributed by atoms with Crippen LogP contribution in [0.25, 0.3) is 27.9 Å². The molecule has 1 amide bonds. The summed E-state index contributed by atoms with van der Waals surface area (Å²) in [6.07, 6.45) is 9.70. The fourth-order valence-electron chi connectivity index (χ4n) is 5.33. The van der Waals surface area contributed by atoms with Gasteiger partial charge in [-0.15, -0.1) is 0 Å². The van der Waals surface area contributed by atoms with E-state index in [0.717, 1.165) is 60.1 Å². The Labute approximate surface area is 213 Å². The molecule has 3 aromatic heterocycles. The van der Waals surface area contributed by atoms with Crippen molar-refractivity contribution in [3.8, 4) is 11.3 Å². The van der Waals surface area contributed by atoms with Gasteiger partial charge in [0.2, 0.25) is 0 Å². The number of benzene rings is 2. The first-order chi connectivity index (χ1) is 18.2. The Balaban J connectivity index is 1.17. The summed E-state index contributed by atoms with van der Waals surface area (Å²) in [5, 5.41) is 9.03. The van der Waals surface area contributed by atoms with Crippen molar-refractivity contribution in [2.45, 2.75) is 37.2 Å². The number of aromatic nitrogens is 5. The molecule has 7 rings (SSSR count). The Morgan fingerprint density at radius 3 is 2.73 bits per heavy atom. The quantitative estimate of drug-likeness (QED) is 0.381.